The third-order valence-electron chi connectivity index (χ3n) is 3.90. The number of sulfonamides is 1. The first kappa shape index (κ1) is 18.7. The van der Waals surface area contributed by atoms with Gasteiger partial charge in [-0.3, -0.25) is 4.72 Å². The van der Waals surface area contributed by atoms with Crippen molar-refractivity contribution in [1.29, 1.82) is 0 Å². The Hall–Kier alpha value is -3.07. The van der Waals surface area contributed by atoms with E-state index in [0.29, 0.717) is 28.4 Å². The second-order valence-corrected chi connectivity index (χ2v) is 7.48. The molecule has 2 aromatic heterocycles. The van der Waals surface area contributed by atoms with E-state index in [-0.39, 0.29) is 17.1 Å². The fourth-order valence-electron chi connectivity index (χ4n) is 2.85. The van der Waals surface area contributed by atoms with Crippen molar-refractivity contribution >= 4 is 21.7 Å². The van der Waals surface area contributed by atoms with Crippen molar-refractivity contribution in [3.8, 4) is 11.3 Å². The highest BCUT2D eigenvalue weighted by atomic mass is 32.2. The molecule has 0 unspecified atom stereocenters. The maximum absolute atomic E-state index is 13.0. The fraction of sp³-hybridized carbons (Fsp3) is 0.222. The van der Waals surface area contributed by atoms with Gasteiger partial charge in [0, 0.05) is 28.7 Å². The van der Waals surface area contributed by atoms with Crippen LogP contribution in [0.5, 0.6) is 0 Å². The molecule has 8 nitrogen and oxygen atoms in total. The number of anilines is 1. The number of carbonyl (C=O) groups is 1. The summed E-state index contributed by atoms with van der Waals surface area (Å²) in [6.45, 7) is 5.03. The zero-order valence-corrected chi connectivity index (χ0v) is 15.9. The first-order valence-corrected chi connectivity index (χ1v) is 9.72. The number of benzene rings is 1. The van der Waals surface area contributed by atoms with E-state index in [4.69, 9.17) is 9.26 Å². The number of ether oxygens (including phenoxy) is 1. The van der Waals surface area contributed by atoms with E-state index in [1.165, 1.54) is 6.20 Å². The Balaban J connectivity index is 1.99. The van der Waals surface area contributed by atoms with E-state index in [1.54, 1.807) is 51.1 Å². The molecule has 0 aliphatic rings. The SMILES string of the molecule is CCOC(=O)c1c(C)[nH]c(C)c1S(=O)(=O)Nc1cccc(-c2ccno2)c1. The van der Waals surface area contributed by atoms with Crippen LogP contribution in [0.3, 0.4) is 0 Å². The molecule has 0 bridgehead atoms. The summed E-state index contributed by atoms with van der Waals surface area (Å²) < 4.78 is 38.6. The Morgan fingerprint density at radius 1 is 1.26 bits per heavy atom. The normalized spacial score (nSPS) is 11.4. The number of esters is 1. The summed E-state index contributed by atoms with van der Waals surface area (Å²) in [6.07, 6.45) is 1.50. The maximum atomic E-state index is 13.0. The number of nitrogens with one attached hydrogen (secondary N) is 2. The van der Waals surface area contributed by atoms with Crippen LogP contribution in [-0.2, 0) is 14.8 Å². The van der Waals surface area contributed by atoms with Crippen LogP contribution < -0.4 is 4.72 Å². The molecule has 3 rings (SSSR count). The van der Waals surface area contributed by atoms with Crippen LogP contribution in [0.15, 0.2) is 45.9 Å². The Kier molecular flexibility index (Phi) is 5.04. The van der Waals surface area contributed by atoms with Crippen molar-refractivity contribution < 1.29 is 22.5 Å². The topological polar surface area (TPSA) is 114 Å². The number of H-pyrrole nitrogens is 1. The molecule has 27 heavy (non-hydrogen) atoms. The summed E-state index contributed by atoms with van der Waals surface area (Å²) in [5.74, 6) is -0.174. The van der Waals surface area contributed by atoms with Crippen LogP contribution in [0.4, 0.5) is 5.69 Å². The lowest BCUT2D eigenvalue weighted by atomic mass is 10.1. The van der Waals surface area contributed by atoms with Gasteiger partial charge in [0.2, 0.25) is 0 Å². The lowest BCUT2D eigenvalue weighted by molar-refractivity contribution is 0.0521. The molecule has 0 amide bonds. The standard InChI is InChI=1S/C18H19N3O5S/c1-4-25-18(22)16-11(2)20-12(3)17(16)27(23,24)21-14-7-5-6-13(10-14)15-8-9-19-26-15/h5-10,20-21H,4H2,1-3H3. The van der Waals surface area contributed by atoms with Crippen molar-refractivity contribution in [2.75, 3.05) is 11.3 Å². The van der Waals surface area contributed by atoms with Crippen molar-refractivity contribution in [3.63, 3.8) is 0 Å². The molecule has 142 valence electrons. The van der Waals surface area contributed by atoms with Gasteiger partial charge in [0.05, 0.1) is 12.8 Å². The van der Waals surface area contributed by atoms with Crippen LogP contribution >= 0.6 is 0 Å². The first-order chi connectivity index (χ1) is 12.8. The summed E-state index contributed by atoms with van der Waals surface area (Å²) in [7, 11) is -4.03. The molecule has 0 aliphatic carbocycles. The molecular formula is C18H19N3O5S. The van der Waals surface area contributed by atoms with Crippen LogP contribution in [0.1, 0.15) is 28.7 Å². The molecule has 1 aromatic carbocycles. The quantitative estimate of drug-likeness (QED) is 0.626. The Bertz CT molecular complexity index is 1070. The number of aryl methyl sites for hydroxylation is 2. The van der Waals surface area contributed by atoms with Gasteiger partial charge in [-0.25, -0.2) is 13.2 Å². The van der Waals surface area contributed by atoms with Crippen LogP contribution in [0.25, 0.3) is 11.3 Å². The molecule has 2 heterocycles. The zero-order chi connectivity index (χ0) is 19.6. The summed E-state index contributed by atoms with van der Waals surface area (Å²) in [5, 5.41) is 3.64. The van der Waals surface area contributed by atoms with Gasteiger partial charge in [-0.1, -0.05) is 17.3 Å². The predicted molar refractivity (Wildman–Crippen MR) is 99.0 cm³/mol. The molecule has 0 atom stereocenters. The number of aromatic amines is 1. The minimum atomic E-state index is -4.03. The minimum absolute atomic E-state index is 0.00763. The van der Waals surface area contributed by atoms with Crippen molar-refractivity contribution in [2.45, 2.75) is 25.7 Å². The molecule has 0 saturated carbocycles. The van der Waals surface area contributed by atoms with Crippen LogP contribution in [0.2, 0.25) is 0 Å². The van der Waals surface area contributed by atoms with Gasteiger partial charge in [-0.2, -0.15) is 0 Å². The Morgan fingerprint density at radius 2 is 2.04 bits per heavy atom. The number of carbonyl (C=O) groups excluding carboxylic acids is 1. The zero-order valence-electron chi connectivity index (χ0n) is 15.1. The number of hydrogen-bond acceptors (Lipinski definition) is 6. The lowest BCUT2D eigenvalue weighted by Gasteiger charge is -2.11. The largest absolute Gasteiger partial charge is 0.462 e. The molecule has 3 aromatic rings. The number of nitrogens with zero attached hydrogens (tertiary/aromatic N) is 1. The highest BCUT2D eigenvalue weighted by molar-refractivity contribution is 7.92. The summed E-state index contributed by atoms with van der Waals surface area (Å²) in [4.78, 5) is 15.0. The highest BCUT2D eigenvalue weighted by Crippen LogP contribution is 2.28. The molecule has 9 heteroatoms. The van der Waals surface area contributed by atoms with Crippen molar-refractivity contribution in [2.24, 2.45) is 0 Å². The molecule has 2 N–H and O–H groups in total. The van der Waals surface area contributed by atoms with E-state index in [2.05, 4.69) is 14.9 Å². The second-order valence-electron chi connectivity index (χ2n) is 5.86. The van der Waals surface area contributed by atoms with Crippen molar-refractivity contribution in [3.05, 3.63) is 53.5 Å². The van der Waals surface area contributed by atoms with Gasteiger partial charge in [0.25, 0.3) is 10.0 Å². The molecule has 0 saturated heterocycles. The van der Waals surface area contributed by atoms with Crippen LogP contribution in [-0.4, -0.2) is 31.1 Å². The summed E-state index contributed by atoms with van der Waals surface area (Å²) in [6, 6.07) is 8.37. The number of aromatic nitrogens is 2. The average molecular weight is 389 g/mol. The minimum Gasteiger partial charge on any atom is -0.462 e. The van der Waals surface area contributed by atoms with Gasteiger partial charge in [0.15, 0.2) is 5.76 Å². The fourth-order valence-corrected chi connectivity index (χ4v) is 4.35. The molecule has 0 radical (unpaired) electrons. The third-order valence-corrected chi connectivity index (χ3v) is 5.46. The van der Waals surface area contributed by atoms with E-state index in [0.717, 1.165) is 0 Å². The summed E-state index contributed by atoms with van der Waals surface area (Å²) >= 11 is 0. The van der Waals surface area contributed by atoms with E-state index in [9.17, 15) is 13.2 Å². The van der Waals surface area contributed by atoms with Crippen LogP contribution in [0, 0.1) is 13.8 Å². The number of hydrogen-bond donors (Lipinski definition) is 2. The van der Waals surface area contributed by atoms with Gasteiger partial charge in [-0.15, -0.1) is 0 Å². The third kappa shape index (κ3) is 3.72. The molecule has 0 spiro atoms. The van der Waals surface area contributed by atoms with E-state index >= 15 is 0 Å². The molecular weight excluding hydrogens is 370 g/mol. The van der Waals surface area contributed by atoms with Gasteiger partial charge in [-0.05, 0) is 32.9 Å². The monoisotopic (exact) mass is 389 g/mol. The Labute approximate surface area is 156 Å². The maximum Gasteiger partial charge on any atom is 0.341 e. The first-order valence-electron chi connectivity index (χ1n) is 8.23. The van der Waals surface area contributed by atoms with Gasteiger partial charge in [0.1, 0.15) is 10.5 Å². The van der Waals surface area contributed by atoms with E-state index in [1.807, 2.05) is 0 Å². The smallest absolute Gasteiger partial charge is 0.341 e. The Morgan fingerprint density at radius 3 is 2.70 bits per heavy atom. The summed E-state index contributed by atoms with van der Waals surface area (Å²) in [5.41, 5.74) is 1.79. The van der Waals surface area contributed by atoms with Gasteiger partial charge >= 0.3 is 5.97 Å². The second kappa shape index (κ2) is 7.28. The highest BCUT2D eigenvalue weighted by Gasteiger charge is 2.30. The molecule has 0 fully saturated rings. The lowest BCUT2D eigenvalue weighted by Crippen LogP contribution is -2.18. The number of rotatable bonds is 6. The average Bonchev–Trinajstić information content (AvgIpc) is 3.22. The van der Waals surface area contributed by atoms with E-state index < -0.39 is 16.0 Å². The van der Waals surface area contributed by atoms with Gasteiger partial charge < -0.3 is 14.2 Å². The van der Waals surface area contributed by atoms with Crippen molar-refractivity contribution in [1.82, 2.24) is 10.1 Å². The predicted octanol–water partition coefficient (Wildman–Crippen LogP) is 3.26. The molecule has 0 aliphatic heterocycles.